The molecule has 0 spiro atoms. The molecule has 0 atom stereocenters. The number of rotatable bonds is 6. The van der Waals surface area contributed by atoms with Gasteiger partial charge < -0.3 is 5.32 Å². The Balaban J connectivity index is 1.49. The lowest BCUT2D eigenvalue weighted by Gasteiger charge is -2.10. The number of fused-ring (bicyclic) bond motifs is 1. The van der Waals surface area contributed by atoms with Crippen molar-refractivity contribution in [2.75, 3.05) is 11.9 Å². The molecule has 0 aromatic carbocycles. The highest BCUT2D eigenvalue weighted by Gasteiger charge is 2.06. The number of hydrogen-bond acceptors (Lipinski definition) is 5. The number of hydrogen-bond donors (Lipinski definition) is 1. The van der Waals surface area contributed by atoms with Gasteiger partial charge in [-0.2, -0.15) is 0 Å². The van der Waals surface area contributed by atoms with E-state index in [4.69, 9.17) is 0 Å². The van der Waals surface area contributed by atoms with E-state index in [1.807, 2.05) is 62.9 Å². The van der Waals surface area contributed by atoms with E-state index in [-0.39, 0.29) is 0 Å². The van der Waals surface area contributed by atoms with Gasteiger partial charge in [0, 0.05) is 53.7 Å². The summed E-state index contributed by atoms with van der Waals surface area (Å²) in [5.74, 6) is 0.835. The second kappa shape index (κ2) is 9.52. The van der Waals surface area contributed by atoms with Crippen LogP contribution >= 0.6 is 0 Å². The van der Waals surface area contributed by atoms with Gasteiger partial charge in [-0.25, -0.2) is 4.98 Å². The van der Waals surface area contributed by atoms with Crippen LogP contribution in [0.4, 0.5) is 5.82 Å². The number of nitrogens with zero attached hydrogens (tertiary/aromatic N) is 4. The molecule has 0 aliphatic rings. The minimum absolute atomic E-state index is 0.703. The second-order valence-corrected chi connectivity index (χ2v) is 8.04. The molecule has 4 rings (SSSR count). The third kappa shape index (κ3) is 5.06. The van der Waals surface area contributed by atoms with Gasteiger partial charge >= 0.3 is 0 Å². The Morgan fingerprint density at radius 1 is 0.844 bits per heavy atom. The van der Waals surface area contributed by atoms with Gasteiger partial charge in [-0.1, -0.05) is 17.7 Å². The predicted molar refractivity (Wildman–Crippen MR) is 132 cm³/mol. The molecule has 0 aliphatic heterocycles. The number of anilines is 1. The first-order valence-electron chi connectivity index (χ1n) is 10.7. The Hall–Kier alpha value is -3.86. The van der Waals surface area contributed by atoms with Crippen molar-refractivity contribution >= 4 is 22.2 Å². The first kappa shape index (κ1) is 21.4. The maximum absolute atomic E-state index is 4.65. The quantitative estimate of drug-likeness (QED) is 0.377. The molecule has 0 aliphatic carbocycles. The smallest absolute Gasteiger partial charge is 0.135 e. The van der Waals surface area contributed by atoms with Crippen LogP contribution in [0.25, 0.3) is 27.6 Å². The van der Waals surface area contributed by atoms with Crippen molar-refractivity contribution in [2.24, 2.45) is 0 Å². The Morgan fingerprint density at radius 3 is 2.47 bits per heavy atom. The lowest BCUT2D eigenvalue weighted by molar-refractivity contribution is 1.17. The van der Waals surface area contributed by atoms with Gasteiger partial charge in [-0.3, -0.25) is 15.0 Å². The molecular weight excluding hydrogens is 394 g/mol. The fourth-order valence-corrected chi connectivity index (χ4v) is 3.42. The zero-order chi connectivity index (χ0) is 22.5. The summed E-state index contributed by atoms with van der Waals surface area (Å²) in [5, 5.41) is 5.55. The maximum Gasteiger partial charge on any atom is 0.135 e. The molecule has 0 fully saturated rings. The number of aryl methyl sites for hydroxylation is 2. The molecule has 0 amide bonds. The first-order valence-corrected chi connectivity index (χ1v) is 10.7. The number of nitrogens with one attached hydrogen (secondary N) is 1. The monoisotopic (exact) mass is 421 g/mol. The highest BCUT2D eigenvalue weighted by atomic mass is 15.0. The van der Waals surface area contributed by atoms with E-state index >= 15 is 0 Å². The van der Waals surface area contributed by atoms with Crippen molar-refractivity contribution in [3.63, 3.8) is 0 Å². The van der Waals surface area contributed by atoms with Crippen molar-refractivity contribution in [2.45, 2.75) is 27.7 Å². The van der Waals surface area contributed by atoms with Crippen LogP contribution in [0.5, 0.6) is 0 Å². The van der Waals surface area contributed by atoms with Crippen LogP contribution in [0.1, 0.15) is 30.8 Å². The van der Waals surface area contributed by atoms with Gasteiger partial charge in [-0.05, 0) is 80.6 Å². The molecule has 0 bridgehead atoms. The molecular formula is C27H27N5. The molecule has 160 valence electrons. The van der Waals surface area contributed by atoms with Crippen LogP contribution in [-0.2, 0) is 0 Å². The minimum atomic E-state index is 0.703. The van der Waals surface area contributed by atoms with Crippen LogP contribution in [0.3, 0.4) is 0 Å². The van der Waals surface area contributed by atoms with Crippen LogP contribution in [-0.4, -0.2) is 26.5 Å². The van der Waals surface area contributed by atoms with Gasteiger partial charge in [0.2, 0.25) is 0 Å². The fraction of sp³-hybridized carbons (Fsp3) is 0.185. The predicted octanol–water partition coefficient (Wildman–Crippen LogP) is 6.17. The summed E-state index contributed by atoms with van der Waals surface area (Å²) >= 11 is 0. The first-order chi connectivity index (χ1) is 15.5. The lowest BCUT2D eigenvalue weighted by Crippen LogP contribution is -2.05. The van der Waals surface area contributed by atoms with E-state index in [0.29, 0.717) is 6.54 Å². The summed E-state index contributed by atoms with van der Waals surface area (Å²) in [7, 11) is 0. The van der Waals surface area contributed by atoms with Crippen molar-refractivity contribution in [1.82, 2.24) is 19.9 Å². The van der Waals surface area contributed by atoms with E-state index in [0.717, 1.165) is 39.2 Å². The lowest BCUT2D eigenvalue weighted by atomic mass is 10.1. The van der Waals surface area contributed by atoms with E-state index in [2.05, 4.69) is 63.4 Å². The van der Waals surface area contributed by atoms with Gasteiger partial charge in [0.25, 0.3) is 0 Å². The molecule has 4 heterocycles. The van der Waals surface area contributed by atoms with Gasteiger partial charge in [0.15, 0.2) is 0 Å². The Bertz CT molecular complexity index is 1300. The third-order valence-electron chi connectivity index (χ3n) is 5.36. The van der Waals surface area contributed by atoms with E-state index in [1.165, 1.54) is 16.7 Å². The zero-order valence-electron chi connectivity index (χ0n) is 18.9. The fourth-order valence-electron chi connectivity index (χ4n) is 3.42. The maximum atomic E-state index is 4.65. The molecule has 5 nitrogen and oxygen atoms in total. The molecule has 0 unspecified atom stereocenters. The molecule has 4 aromatic heterocycles. The van der Waals surface area contributed by atoms with Crippen LogP contribution in [0, 0.1) is 13.8 Å². The summed E-state index contributed by atoms with van der Waals surface area (Å²) in [6.07, 6.45) is 11.7. The standard InChI is InChI=1S/C27H27N5/c1-18(5-6-19(2)22-9-11-28-21(4)13-22)15-32-27-25-17-31-26(14-23(25)10-12-29-27)24-8-7-20(3)30-16-24/h5-14,16-17H,15H2,1-4H3,(H,29,32)/b18-5+,19-6+. The molecule has 32 heavy (non-hydrogen) atoms. The van der Waals surface area contributed by atoms with Crippen LogP contribution in [0.2, 0.25) is 0 Å². The van der Waals surface area contributed by atoms with Crippen molar-refractivity contribution < 1.29 is 0 Å². The van der Waals surface area contributed by atoms with Gasteiger partial charge in [0.05, 0.1) is 5.69 Å². The molecule has 4 aromatic rings. The average Bonchev–Trinajstić information content (AvgIpc) is 2.81. The molecule has 5 heteroatoms. The summed E-state index contributed by atoms with van der Waals surface area (Å²) in [6.45, 7) is 8.92. The largest absolute Gasteiger partial charge is 0.366 e. The highest BCUT2D eigenvalue weighted by molar-refractivity contribution is 5.93. The van der Waals surface area contributed by atoms with Gasteiger partial charge in [0.1, 0.15) is 5.82 Å². The average molecular weight is 422 g/mol. The molecule has 0 radical (unpaired) electrons. The van der Waals surface area contributed by atoms with Crippen molar-refractivity contribution in [3.05, 3.63) is 95.9 Å². The Labute approximate surface area is 189 Å². The number of allylic oxidation sites excluding steroid dienone is 3. The number of aromatic nitrogens is 4. The topological polar surface area (TPSA) is 63.6 Å². The van der Waals surface area contributed by atoms with E-state index < -0.39 is 0 Å². The summed E-state index contributed by atoms with van der Waals surface area (Å²) in [6, 6.07) is 12.3. The van der Waals surface area contributed by atoms with Gasteiger partial charge in [-0.15, -0.1) is 0 Å². The Kier molecular flexibility index (Phi) is 6.36. The summed E-state index contributed by atoms with van der Waals surface area (Å²) < 4.78 is 0. The number of pyridine rings is 4. The van der Waals surface area contributed by atoms with E-state index in [9.17, 15) is 0 Å². The third-order valence-corrected chi connectivity index (χ3v) is 5.36. The minimum Gasteiger partial charge on any atom is -0.366 e. The van der Waals surface area contributed by atoms with Crippen molar-refractivity contribution in [3.8, 4) is 11.3 Å². The van der Waals surface area contributed by atoms with Crippen LogP contribution < -0.4 is 5.32 Å². The molecule has 0 saturated heterocycles. The highest BCUT2D eigenvalue weighted by Crippen LogP contribution is 2.25. The summed E-state index contributed by atoms with van der Waals surface area (Å²) in [4.78, 5) is 17.8. The molecule has 0 saturated carbocycles. The normalized spacial score (nSPS) is 12.2. The SMILES string of the molecule is C/C(=C\C=C(/C)c1ccnc(C)c1)CNc1nccc2cc(-c3ccc(C)nc3)ncc12. The van der Waals surface area contributed by atoms with E-state index in [1.54, 1.807) is 0 Å². The summed E-state index contributed by atoms with van der Waals surface area (Å²) in [5.41, 5.74) is 7.55. The Morgan fingerprint density at radius 2 is 1.69 bits per heavy atom. The zero-order valence-corrected chi connectivity index (χ0v) is 18.9. The van der Waals surface area contributed by atoms with Crippen LogP contribution in [0.15, 0.2) is 78.9 Å². The van der Waals surface area contributed by atoms with Crippen molar-refractivity contribution in [1.29, 1.82) is 0 Å². The second-order valence-electron chi connectivity index (χ2n) is 8.04. The molecule has 1 N–H and O–H groups in total.